The fourth-order valence-electron chi connectivity index (χ4n) is 1.71. The lowest BCUT2D eigenvalue weighted by Gasteiger charge is -2.23. The van der Waals surface area contributed by atoms with E-state index in [1.165, 1.54) is 6.92 Å². The van der Waals surface area contributed by atoms with Gasteiger partial charge in [-0.25, -0.2) is 0 Å². The maximum Gasteiger partial charge on any atom is 0.328 e. The number of hydrogen-bond acceptors (Lipinski definition) is 4. The number of likely N-dealkylation sites (tertiary alicyclic amines) is 1. The number of Topliss-reactive ketones (excluding diaryl/α,β-unsaturated/α-hetero) is 1. The molecule has 80 valence electrons. The molecular formula is C9H16N2O3. The van der Waals surface area contributed by atoms with Crippen LogP contribution < -0.4 is 5.73 Å². The van der Waals surface area contributed by atoms with Crippen LogP contribution in [0, 0.1) is 0 Å². The van der Waals surface area contributed by atoms with Gasteiger partial charge in [0, 0.05) is 0 Å². The third-order valence-corrected chi connectivity index (χ3v) is 2.46. The first-order valence-corrected chi connectivity index (χ1v) is 4.80. The van der Waals surface area contributed by atoms with E-state index in [2.05, 4.69) is 0 Å². The van der Waals surface area contributed by atoms with Crippen molar-refractivity contribution in [3.05, 3.63) is 0 Å². The van der Waals surface area contributed by atoms with Crippen molar-refractivity contribution in [2.45, 2.75) is 31.8 Å². The van der Waals surface area contributed by atoms with Crippen LogP contribution in [0.5, 0.6) is 0 Å². The number of rotatable bonds is 4. The van der Waals surface area contributed by atoms with E-state index < -0.39 is 23.8 Å². The summed E-state index contributed by atoms with van der Waals surface area (Å²) in [5.41, 5.74) is 5.40. The van der Waals surface area contributed by atoms with Gasteiger partial charge in [0.2, 0.25) is 0 Å². The van der Waals surface area contributed by atoms with Gasteiger partial charge in [-0.3, -0.25) is 14.5 Å². The number of carbonyl (C=O) groups excluding carboxylic acids is 1. The Labute approximate surface area is 82.9 Å². The van der Waals surface area contributed by atoms with Gasteiger partial charge in [-0.15, -0.1) is 0 Å². The lowest BCUT2D eigenvalue weighted by Crippen LogP contribution is -2.50. The average molecular weight is 200 g/mol. The summed E-state index contributed by atoms with van der Waals surface area (Å²) in [5.74, 6) is -1.49. The molecule has 0 aromatic rings. The van der Waals surface area contributed by atoms with Crippen LogP contribution in [0.1, 0.15) is 19.8 Å². The second kappa shape index (κ2) is 4.52. The maximum absolute atomic E-state index is 11.5. The van der Waals surface area contributed by atoms with E-state index in [4.69, 9.17) is 10.8 Å². The molecule has 0 aromatic heterocycles. The molecule has 1 rings (SSSR count). The van der Waals surface area contributed by atoms with Crippen LogP contribution in [-0.4, -0.2) is 46.9 Å². The zero-order valence-electron chi connectivity index (χ0n) is 8.27. The van der Waals surface area contributed by atoms with Crippen LogP contribution >= 0.6 is 0 Å². The smallest absolute Gasteiger partial charge is 0.328 e. The quantitative estimate of drug-likeness (QED) is 0.595. The van der Waals surface area contributed by atoms with Crippen molar-refractivity contribution in [2.24, 2.45) is 5.73 Å². The highest BCUT2D eigenvalue weighted by molar-refractivity contribution is 6.04. The minimum absolute atomic E-state index is 0.403. The maximum atomic E-state index is 11.5. The molecule has 2 atom stereocenters. The Morgan fingerprint density at radius 3 is 2.21 bits per heavy atom. The Morgan fingerprint density at radius 1 is 1.36 bits per heavy atom. The van der Waals surface area contributed by atoms with E-state index in [1.54, 1.807) is 4.90 Å². The SMILES string of the molecule is C[C@H](N)C(=O)[C@@H](C(=O)O)N1CCCC1. The van der Waals surface area contributed by atoms with E-state index in [0.717, 1.165) is 12.8 Å². The molecule has 14 heavy (non-hydrogen) atoms. The first-order chi connectivity index (χ1) is 6.54. The van der Waals surface area contributed by atoms with Crippen molar-refractivity contribution in [3.8, 4) is 0 Å². The van der Waals surface area contributed by atoms with Gasteiger partial charge in [-0.1, -0.05) is 0 Å². The number of carbonyl (C=O) groups is 2. The van der Waals surface area contributed by atoms with Crippen LogP contribution in [0.25, 0.3) is 0 Å². The van der Waals surface area contributed by atoms with Gasteiger partial charge in [0.25, 0.3) is 0 Å². The number of aliphatic carboxylic acids is 1. The van der Waals surface area contributed by atoms with Crippen LogP contribution in [-0.2, 0) is 9.59 Å². The summed E-state index contributed by atoms with van der Waals surface area (Å²) in [5, 5.41) is 8.93. The summed E-state index contributed by atoms with van der Waals surface area (Å²) >= 11 is 0. The van der Waals surface area contributed by atoms with Crippen molar-refractivity contribution >= 4 is 11.8 Å². The van der Waals surface area contributed by atoms with E-state index in [1.807, 2.05) is 0 Å². The average Bonchev–Trinajstić information content (AvgIpc) is 2.56. The van der Waals surface area contributed by atoms with Crippen molar-refractivity contribution in [1.29, 1.82) is 0 Å². The molecule has 0 radical (unpaired) electrons. The van der Waals surface area contributed by atoms with Crippen LogP contribution in [0.15, 0.2) is 0 Å². The van der Waals surface area contributed by atoms with Gasteiger partial charge in [0.05, 0.1) is 6.04 Å². The third-order valence-electron chi connectivity index (χ3n) is 2.46. The van der Waals surface area contributed by atoms with Crippen LogP contribution in [0.2, 0.25) is 0 Å². The summed E-state index contributed by atoms with van der Waals surface area (Å²) < 4.78 is 0. The molecule has 1 saturated heterocycles. The monoisotopic (exact) mass is 200 g/mol. The van der Waals surface area contributed by atoms with Gasteiger partial charge in [-0.2, -0.15) is 0 Å². The Bertz CT molecular complexity index is 234. The van der Waals surface area contributed by atoms with Gasteiger partial charge in [0.15, 0.2) is 11.8 Å². The van der Waals surface area contributed by atoms with Gasteiger partial charge >= 0.3 is 5.97 Å². The van der Waals surface area contributed by atoms with Gasteiger partial charge in [0.1, 0.15) is 0 Å². The summed E-state index contributed by atoms with van der Waals surface area (Å²) in [6.45, 7) is 2.87. The zero-order chi connectivity index (χ0) is 10.7. The van der Waals surface area contributed by atoms with Gasteiger partial charge in [-0.05, 0) is 32.9 Å². The van der Waals surface area contributed by atoms with Crippen molar-refractivity contribution in [1.82, 2.24) is 4.90 Å². The van der Waals surface area contributed by atoms with Crippen molar-refractivity contribution in [3.63, 3.8) is 0 Å². The molecule has 0 spiro atoms. The zero-order valence-corrected chi connectivity index (χ0v) is 8.27. The second-order valence-electron chi connectivity index (χ2n) is 3.67. The molecule has 0 aliphatic carbocycles. The third kappa shape index (κ3) is 2.30. The summed E-state index contributed by atoms with van der Waals surface area (Å²) in [4.78, 5) is 24.1. The standard InChI is InChI=1S/C9H16N2O3/c1-6(10)8(12)7(9(13)14)11-4-2-3-5-11/h6-7H,2-5,10H2,1H3,(H,13,14)/t6-,7-/m0/s1. The molecule has 1 aliphatic rings. The first kappa shape index (κ1) is 11.1. The molecule has 0 bridgehead atoms. The number of hydrogen-bond donors (Lipinski definition) is 2. The van der Waals surface area contributed by atoms with E-state index in [-0.39, 0.29) is 0 Å². The topological polar surface area (TPSA) is 83.6 Å². The molecule has 1 fully saturated rings. The Kier molecular flexibility index (Phi) is 3.60. The minimum atomic E-state index is -1.09. The summed E-state index contributed by atoms with van der Waals surface area (Å²) in [7, 11) is 0. The Hall–Kier alpha value is -0.940. The lowest BCUT2D eigenvalue weighted by molar-refractivity contribution is -0.148. The largest absolute Gasteiger partial charge is 0.480 e. The van der Waals surface area contributed by atoms with Crippen molar-refractivity contribution in [2.75, 3.05) is 13.1 Å². The molecule has 5 nitrogen and oxygen atoms in total. The number of ketones is 1. The highest BCUT2D eigenvalue weighted by Gasteiger charge is 2.35. The fourth-order valence-corrected chi connectivity index (χ4v) is 1.71. The highest BCUT2D eigenvalue weighted by atomic mass is 16.4. The van der Waals surface area contributed by atoms with E-state index in [9.17, 15) is 9.59 Å². The number of carboxylic acid groups (broad SMARTS) is 1. The molecule has 1 heterocycles. The molecule has 1 aliphatic heterocycles. The number of nitrogens with two attached hydrogens (primary N) is 1. The second-order valence-corrected chi connectivity index (χ2v) is 3.67. The fraction of sp³-hybridized carbons (Fsp3) is 0.778. The van der Waals surface area contributed by atoms with E-state index in [0.29, 0.717) is 13.1 Å². The molecule has 3 N–H and O–H groups in total. The van der Waals surface area contributed by atoms with E-state index >= 15 is 0 Å². The molecule has 0 amide bonds. The van der Waals surface area contributed by atoms with Gasteiger partial charge < -0.3 is 10.8 Å². The Morgan fingerprint density at radius 2 is 1.86 bits per heavy atom. The Balaban J connectivity index is 2.72. The molecular weight excluding hydrogens is 184 g/mol. The highest BCUT2D eigenvalue weighted by Crippen LogP contribution is 2.13. The first-order valence-electron chi connectivity index (χ1n) is 4.80. The lowest BCUT2D eigenvalue weighted by atomic mass is 10.1. The normalized spacial score (nSPS) is 21.9. The number of nitrogens with zero attached hydrogens (tertiary/aromatic N) is 1. The molecule has 0 aromatic carbocycles. The van der Waals surface area contributed by atoms with Crippen LogP contribution in [0.4, 0.5) is 0 Å². The molecule has 0 saturated carbocycles. The van der Waals surface area contributed by atoms with Crippen LogP contribution in [0.3, 0.4) is 0 Å². The predicted octanol–water partition coefficient (Wildman–Crippen LogP) is -0.548. The summed E-state index contributed by atoms with van der Waals surface area (Å²) in [6, 6.07) is -1.76. The predicted molar refractivity (Wildman–Crippen MR) is 50.9 cm³/mol. The molecule has 0 unspecified atom stereocenters. The minimum Gasteiger partial charge on any atom is -0.480 e. The summed E-state index contributed by atoms with van der Waals surface area (Å²) in [6.07, 6.45) is 1.91. The number of carboxylic acids is 1. The van der Waals surface area contributed by atoms with Crippen molar-refractivity contribution < 1.29 is 14.7 Å². The molecule has 5 heteroatoms.